The molecule has 9 heteroatoms. The number of carbonyl (C=O) groups excluding carboxylic acids is 4. The fourth-order valence-electron chi connectivity index (χ4n) is 2.15. The van der Waals surface area contributed by atoms with Crippen LogP contribution in [0.3, 0.4) is 0 Å². The van der Waals surface area contributed by atoms with E-state index in [2.05, 4.69) is 10.6 Å². The van der Waals surface area contributed by atoms with Gasteiger partial charge in [-0.2, -0.15) is 0 Å². The van der Waals surface area contributed by atoms with Crippen molar-refractivity contribution < 1.29 is 23.9 Å². The van der Waals surface area contributed by atoms with Crippen LogP contribution < -0.4 is 16.4 Å². The van der Waals surface area contributed by atoms with E-state index in [-0.39, 0.29) is 17.1 Å². The number of thiophene rings is 1. The molecule has 8 nitrogen and oxygen atoms in total. The van der Waals surface area contributed by atoms with Gasteiger partial charge in [-0.25, -0.2) is 0 Å². The minimum atomic E-state index is -1.11. The highest BCUT2D eigenvalue weighted by Gasteiger charge is 2.21. The predicted octanol–water partition coefficient (Wildman–Crippen LogP) is 1.46. The molecule has 0 saturated carbocycles. The number of nitrogens with two attached hydrogens (primary N) is 1. The Labute approximate surface area is 159 Å². The van der Waals surface area contributed by atoms with Crippen LogP contribution in [0, 0.1) is 6.92 Å². The Kier molecular flexibility index (Phi) is 6.67. The van der Waals surface area contributed by atoms with Gasteiger partial charge in [0, 0.05) is 5.56 Å². The molecule has 0 aliphatic rings. The summed E-state index contributed by atoms with van der Waals surface area (Å²) in [7, 11) is 0. The number of rotatable bonds is 7. The summed E-state index contributed by atoms with van der Waals surface area (Å²) in [6.07, 6.45) is -1.11. The highest BCUT2D eigenvalue weighted by atomic mass is 32.1. The maximum atomic E-state index is 12.1. The topological polar surface area (TPSA) is 128 Å². The lowest BCUT2D eigenvalue weighted by atomic mass is 10.1. The van der Waals surface area contributed by atoms with Crippen LogP contribution in [0.1, 0.15) is 33.2 Å². The molecule has 0 spiro atoms. The first-order valence-corrected chi connectivity index (χ1v) is 8.88. The number of carbonyl (C=O) groups is 4. The second-order valence-corrected chi connectivity index (χ2v) is 6.62. The highest BCUT2D eigenvalue weighted by Crippen LogP contribution is 2.22. The van der Waals surface area contributed by atoms with Gasteiger partial charge in [-0.3, -0.25) is 19.2 Å². The monoisotopic (exact) mass is 389 g/mol. The van der Waals surface area contributed by atoms with Crippen molar-refractivity contribution in [3.63, 3.8) is 0 Å². The number of esters is 1. The molecule has 0 radical (unpaired) electrons. The SMILES string of the molecule is Cc1cccc(C(=O)NCC(=O)O[C@@H](C)C(=O)Nc2sccc2C(N)=O)c1. The van der Waals surface area contributed by atoms with Gasteiger partial charge in [0.25, 0.3) is 17.7 Å². The molecule has 1 atom stereocenters. The molecule has 0 unspecified atom stereocenters. The van der Waals surface area contributed by atoms with Crippen molar-refractivity contribution in [2.24, 2.45) is 5.73 Å². The maximum Gasteiger partial charge on any atom is 0.326 e. The second-order valence-electron chi connectivity index (χ2n) is 5.70. The van der Waals surface area contributed by atoms with Crippen LogP contribution >= 0.6 is 11.3 Å². The number of nitrogens with one attached hydrogen (secondary N) is 2. The first-order chi connectivity index (χ1) is 12.8. The molecule has 2 aromatic rings. The number of aryl methyl sites for hydroxylation is 1. The van der Waals surface area contributed by atoms with Gasteiger partial charge < -0.3 is 21.1 Å². The molecule has 0 saturated heterocycles. The van der Waals surface area contributed by atoms with Crippen LogP contribution in [0.15, 0.2) is 35.7 Å². The molecule has 1 heterocycles. The lowest BCUT2D eigenvalue weighted by molar-refractivity contribution is -0.152. The summed E-state index contributed by atoms with van der Waals surface area (Å²) in [6.45, 7) is 2.85. The molecule has 0 aliphatic carbocycles. The Morgan fingerprint density at radius 3 is 2.63 bits per heavy atom. The average Bonchev–Trinajstić information content (AvgIpc) is 3.08. The van der Waals surface area contributed by atoms with Gasteiger partial charge in [0.2, 0.25) is 0 Å². The van der Waals surface area contributed by atoms with E-state index in [1.54, 1.807) is 23.6 Å². The number of hydrogen-bond acceptors (Lipinski definition) is 6. The third-order valence-electron chi connectivity index (χ3n) is 3.52. The first-order valence-electron chi connectivity index (χ1n) is 8.00. The Morgan fingerprint density at radius 2 is 1.96 bits per heavy atom. The molecule has 2 rings (SSSR count). The molecule has 0 aliphatic heterocycles. The molecule has 0 fully saturated rings. The lowest BCUT2D eigenvalue weighted by Crippen LogP contribution is -2.36. The predicted molar refractivity (Wildman–Crippen MR) is 101 cm³/mol. The van der Waals surface area contributed by atoms with E-state index in [4.69, 9.17) is 10.5 Å². The van der Waals surface area contributed by atoms with Gasteiger partial charge in [-0.15, -0.1) is 11.3 Å². The fourth-order valence-corrected chi connectivity index (χ4v) is 2.94. The summed E-state index contributed by atoms with van der Waals surface area (Å²) in [6, 6.07) is 8.39. The second kappa shape index (κ2) is 8.95. The van der Waals surface area contributed by atoms with Crippen LogP contribution in [0.2, 0.25) is 0 Å². The number of primary amides is 1. The average molecular weight is 389 g/mol. The molecule has 27 heavy (non-hydrogen) atoms. The van der Waals surface area contributed by atoms with Gasteiger partial charge in [0.05, 0.1) is 5.56 Å². The number of amides is 3. The molecule has 4 N–H and O–H groups in total. The van der Waals surface area contributed by atoms with E-state index in [1.165, 1.54) is 13.0 Å². The van der Waals surface area contributed by atoms with E-state index < -0.39 is 29.8 Å². The van der Waals surface area contributed by atoms with Crippen molar-refractivity contribution in [1.29, 1.82) is 0 Å². The van der Waals surface area contributed by atoms with Crippen molar-refractivity contribution >= 4 is 40.0 Å². The lowest BCUT2D eigenvalue weighted by Gasteiger charge is -2.13. The molecule has 1 aromatic carbocycles. The van der Waals surface area contributed by atoms with Crippen molar-refractivity contribution in [1.82, 2.24) is 5.32 Å². The first kappa shape index (κ1) is 20.1. The van der Waals surface area contributed by atoms with E-state index in [1.807, 2.05) is 13.0 Å². The van der Waals surface area contributed by atoms with Crippen LogP contribution in [0.5, 0.6) is 0 Å². The van der Waals surface area contributed by atoms with Crippen molar-refractivity contribution in [2.75, 3.05) is 11.9 Å². The zero-order valence-electron chi connectivity index (χ0n) is 14.8. The summed E-state index contributed by atoms with van der Waals surface area (Å²) in [5, 5.41) is 6.81. The van der Waals surface area contributed by atoms with E-state index in [0.717, 1.165) is 16.9 Å². The van der Waals surface area contributed by atoms with Gasteiger partial charge in [0.1, 0.15) is 11.5 Å². The molecule has 1 aromatic heterocycles. The third-order valence-corrected chi connectivity index (χ3v) is 4.35. The highest BCUT2D eigenvalue weighted by molar-refractivity contribution is 7.14. The fraction of sp³-hybridized carbons (Fsp3) is 0.222. The van der Waals surface area contributed by atoms with E-state index >= 15 is 0 Å². The van der Waals surface area contributed by atoms with Crippen LogP contribution in [0.4, 0.5) is 5.00 Å². The largest absolute Gasteiger partial charge is 0.451 e. The van der Waals surface area contributed by atoms with Crippen LogP contribution in [0.25, 0.3) is 0 Å². The van der Waals surface area contributed by atoms with Crippen molar-refractivity contribution in [3.05, 3.63) is 52.4 Å². The molecule has 3 amide bonds. The normalized spacial score (nSPS) is 11.3. The maximum absolute atomic E-state index is 12.1. The molecular weight excluding hydrogens is 370 g/mol. The summed E-state index contributed by atoms with van der Waals surface area (Å²) in [4.78, 5) is 47.2. The zero-order valence-corrected chi connectivity index (χ0v) is 15.6. The van der Waals surface area contributed by atoms with Crippen LogP contribution in [-0.2, 0) is 14.3 Å². The summed E-state index contributed by atoms with van der Waals surface area (Å²) in [5.74, 6) is -2.47. The molecule has 0 bridgehead atoms. The quantitative estimate of drug-likeness (QED) is 0.618. The van der Waals surface area contributed by atoms with Crippen LogP contribution in [-0.4, -0.2) is 36.3 Å². The molecular formula is C18H19N3O5S. The van der Waals surface area contributed by atoms with Crippen molar-refractivity contribution in [2.45, 2.75) is 20.0 Å². The smallest absolute Gasteiger partial charge is 0.326 e. The molecule has 142 valence electrons. The number of hydrogen-bond donors (Lipinski definition) is 3. The van der Waals surface area contributed by atoms with Crippen molar-refractivity contribution in [3.8, 4) is 0 Å². The third kappa shape index (κ3) is 5.65. The summed E-state index contributed by atoms with van der Waals surface area (Å²) < 4.78 is 4.99. The van der Waals surface area contributed by atoms with Gasteiger partial charge in [-0.05, 0) is 37.4 Å². The summed E-state index contributed by atoms with van der Waals surface area (Å²) >= 11 is 1.13. The standard InChI is InChI=1S/C18H19N3O5S/c1-10-4-3-5-12(8-10)17(25)20-9-14(22)26-11(2)16(24)21-18-13(15(19)23)6-7-27-18/h3-8,11H,9H2,1-2H3,(H2,19,23)(H,20,25)(H,21,24)/t11-/m0/s1. The Morgan fingerprint density at radius 1 is 1.22 bits per heavy atom. The number of ether oxygens (including phenoxy) is 1. The van der Waals surface area contributed by atoms with E-state index in [9.17, 15) is 19.2 Å². The number of anilines is 1. The Balaban J connectivity index is 1.84. The van der Waals surface area contributed by atoms with Gasteiger partial charge in [0.15, 0.2) is 6.10 Å². The minimum absolute atomic E-state index is 0.178. The number of benzene rings is 1. The zero-order chi connectivity index (χ0) is 20.0. The van der Waals surface area contributed by atoms with Gasteiger partial charge in [-0.1, -0.05) is 17.7 Å². The summed E-state index contributed by atoms with van der Waals surface area (Å²) in [5.41, 5.74) is 6.72. The minimum Gasteiger partial charge on any atom is -0.451 e. The van der Waals surface area contributed by atoms with Gasteiger partial charge >= 0.3 is 5.97 Å². The Hall–Kier alpha value is -3.20. The Bertz CT molecular complexity index is 877. The van der Waals surface area contributed by atoms with E-state index in [0.29, 0.717) is 5.56 Å².